The van der Waals surface area contributed by atoms with Gasteiger partial charge in [0.2, 0.25) is 6.79 Å². The number of hydrogen-bond acceptors (Lipinski definition) is 5. The summed E-state index contributed by atoms with van der Waals surface area (Å²) >= 11 is 0.961. The van der Waals surface area contributed by atoms with Crippen molar-refractivity contribution in [1.29, 1.82) is 0 Å². The van der Waals surface area contributed by atoms with Crippen molar-refractivity contribution in [3.05, 3.63) is 39.8 Å². The Labute approximate surface area is 175 Å². The third-order valence-electron chi connectivity index (χ3n) is 3.67. The minimum absolute atomic E-state index is 0. The average Bonchev–Trinajstić information content (AvgIpc) is 3.23. The van der Waals surface area contributed by atoms with Crippen molar-refractivity contribution in [3.8, 4) is 11.5 Å². The molecule has 0 radical (unpaired) electrons. The Bertz CT molecular complexity index is 813. The van der Waals surface area contributed by atoms with Gasteiger partial charge in [0, 0.05) is 26.0 Å². The first-order valence-electron chi connectivity index (χ1n) is 7.68. The van der Waals surface area contributed by atoms with E-state index in [1.165, 1.54) is 0 Å². The molecule has 148 valence electrons. The Morgan fingerprint density at radius 2 is 2.07 bits per heavy atom. The van der Waals surface area contributed by atoms with Gasteiger partial charge < -0.3 is 19.7 Å². The molecule has 1 aromatic carbocycles. The van der Waals surface area contributed by atoms with Gasteiger partial charge in [0.25, 0.3) is 0 Å². The molecular weight excluding hydrogens is 496 g/mol. The van der Waals surface area contributed by atoms with E-state index in [-0.39, 0.29) is 37.3 Å². The number of aliphatic imine (C=N–C) groups is 1. The Hall–Kier alpha value is -1.76. The molecular formula is C16H18F3IN4O2S. The molecule has 1 aliphatic rings. The predicted octanol–water partition coefficient (Wildman–Crippen LogP) is 3.72. The summed E-state index contributed by atoms with van der Waals surface area (Å²) in [6.07, 6.45) is -4.42. The summed E-state index contributed by atoms with van der Waals surface area (Å²) in [7, 11) is 3.45. The van der Waals surface area contributed by atoms with Crippen LogP contribution in [0, 0.1) is 0 Å². The summed E-state index contributed by atoms with van der Waals surface area (Å²) in [6.45, 7) is 0.923. The van der Waals surface area contributed by atoms with Crippen LogP contribution in [0.25, 0.3) is 0 Å². The number of halogens is 4. The van der Waals surface area contributed by atoms with Crippen molar-refractivity contribution in [2.75, 3.05) is 20.9 Å². The van der Waals surface area contributed by atoms with Gasteiger partial charge >= 0.3 is 6.18 Å². The van der Waals surface area contributed by atoms with Gasteiger partial charge in [-0.2, -0.15) is 13.2 Å². The number of hydrogen-bond donors (Lipinski definition) is 1. The number of nitrogens with one attached hydrogen (secondary N) is 1. The predicted molar refractivity (Wildman–Crippen MR) is 107 cm³/mol. The van der Waals surface area contributed by atoms with E-state index in [1.54, 1.807) is 7.05 Å². The number of thiazole rings is 1. The standard InChI is InChI=1S/C16H17F3N4O2S.HI/c1-20-15(21-6-14-22-13(8-26-14)16(17,18)19)23(2)7-10-3-4-11-12(5-10)25-9-24-11;/h3-5,8H,6-7,9H2,1-2H3,(H,20,21);1H. The van der Waals surface area contributed by atoms with Crippen LogP contribution in [0.1, 0.15) is 16.3 Å². The fourth-order valence-corrected chi connectivity index (χ4v) is 3.19. The van der Waals surface area contributed by atoms with Gasteiger partial charge in [-0.3, -0.25) is 4.99 Å². The van der Waals surface area contributed by atoms with Crippen molar-refractivity contribution in [3.63, 3.8) is 0 Å². The zero-order valence-electron chi connectivity index (χ0n) is 14.5. The summed E-state index contributed by atoms with van der Waals surface area (Å²) in [4.78, 5) is 9.61. The Balaban J connectivity index is 0.00000261. The lowest BCUT2D eigenvalue weighted by Gasteiger charge is -2.22. The minimum Gasteiger partial charge on any atom is -0.454 e. The lowest BCUT2D eigenvalue weighted by molar-refractivity contribution is -0.140. The number of nitrogens with zero attached hydrogens (tertiary/aromatic N) is 3. The number of guanidine groups is 1. The van der Waals surface area contributed by atoms with Gasteiger partial charge in [-0.25, -0.2) is 4.98 Å². The van der Waals surface area contributed by atoms with Gasteiger partial charge in [-0.1, -0.05) is 6.07 Å². The average molecular weight is 514 g/mol. The molecule has 1 N–H and O–H groups in total. The third-order valence-corrected chi connectivity index (χ3v) is 4.52. The maximum Gasteiger partial charge on any atom is 0.434 e. The molecule has 2 heterocycles. The second-order valence-corrected chi connectivity index (χ2v) is 6.51. The van der Waals surface area contributed by atoms with Crippen molar-refractivity contribution in [2.24, 2.45) is 4.99 Å². The number of ether oxygens (including phenoxy) is 2. The molecule has 1 aromatic heterocycles. The van der Waals surface area contributed by atoms with E-state index in [1.807, 2.05) is 30.1 Å². The number of benzene rings is 1. The van der Waals surface area contributed by atoms with E-state index >= 15 is 0 Å². The second kappa shape index (κ2) is 8.95. The van der Waals surface area contributed by atoms with Crippen molar-refractivity contribution >= 4 is 41.3 Å². The van der Waals surface area contributed by atoms with Crippen LogP contribution in [0.5, 0.6) is 11.5 Å². The molecule has 0 fully saturated rings. The van der Waals surface area contributed by atoms with Gasteiger partial charge in [0.15, 0.2) is 23.2 Å². The number of rotatable bonds is 4. The lowest BCUT2D eigenvalue weighted by Crippen LogP contribution is -2.38. The maximum absolute atomic E-state index is 12.6. The number of fused-ring (bicyclic) bond motifs is 1. The molecule has 27 heavy (non-hydrogen) atoms. The first kappa shape index (κ1) is 21.5. The van der Waals surface area contributed by atoms with Crippen LogP contribution < -0.4 is 14.8 Å². The van der Waals surface area contributed by atoms with Crippen LogP contribution in [0.3, 0.4) is 0 Å². The second-order valence-electron chi connectivity index (χ2n) is 5.57. The summed E-state index contributed by atoms with van der Waals surface area (Å²) in [6, 6.07) is 5.66. The van der Waals surface area contributed by atoms with Crippen LogP contribution >= 0.6 is 35.3 Å². The number of aromatic nitrogens is 1. The van der Waals surface area contributed by atoms with Gasteiger partial charge in [-0.05, 0) is 17.7 Å². The molecule has 6 nitrogen and oxygen atoms in total. The van der Waals surface area contributed by atoms with E-state index in [0.29, 0.717) is 29.0 Å². The maximum atomic E-state index is 12.6. The Kier molecular flexibility index (Phi) is 7.14. The Morgan fingerprint density at radius 3 is 2.74 bits per heavy atom. The fourth-order valence-electron chi connectivity index (χ4n) is 2.45. The highest BCUT2D eigenvalue weighted by molar-refractivity contribution is 14.0. The third kappa shape index (κ3) is 5.37. The largest absolute Gasteiger partial charge is 0.454 e. The van der Waals surface area contributed by atoms with Crippen molar-refractivity contribution in [2.45, 2.75) is 19.3 Å². The molecule has 2 aromatic rings. The molecule has 0 atom stereocenters. The molecule has 0 spiro atoms. The molecule has 1 aliphatic heterocycles. The van der Waals surface area contributed by atoms with E-state index in [0.717, 1.165) is 22.3 Å². The normalized spacial score (nSPS) is 13.3. The molecule has 11 heteroatoms. The smallest absolute Gasteiger partial charge is 0.434 e. The highest BCUT2D eigenvalue weighted by Crippen LogP contribution is 2.33. The zero-order chi connectivity index (χ0) is 18.7. The quantitative estimate of drug-likeness (QED) is 0.383. The van der Waals surface area contributed by atoms with Crippen LogP contribution in [-0.4, -0.2) is 36.7 Å². The first-order chi connectivity index (χ1) is 12.4. The number of alkyl halides is 3. The summed E-state index contributed by atoms with van der Waals surface area (Å²) in [5.41, 5.74) is 0.122. The molecule has 0 bridgehead atoms. The highest BCUT2D eigenvalue weighted by Gasteiger charge is 2.33. The lowest BCUT2D eigenvalue weighted by atomic mass is 10.2. The van der Waals surface area contributed by atoms with Crippen molar-refractivity contribution < 1.29 is 22.6 Å². The van der Waals surface area contributed by atoms with E-state index < -0.39 is 11.9 Å². The van der Waals surface area contributed by atoms with E-state index in [4.69, 9.17) is 9.47 Å². The van der Waals surface area contributed by atoms with Crippen molar-refractivity contribution in [1.82, 2.24) is 15.2 Å². The van der Waals surface area contributed by atoms with Gasteiger partial charge in [0.1, 0.15) is 5.01 Å². The topological polar surface area (TPSA) is 59.0 Å². The minimum atomic E-state index is -4.42. The summed E-state index contributed by atoms with van der Waals surface area (Å²) in [5.74, 6) is 1.95. The molecule has 0 aliphatic carbocycles. The van der Waals surface area contributed by atoms with Crippen LogP contribution in [0.2, 0.25) is 0 Å². The Morgan fingerprint density at radius 1 is 1.33 bits per heavy atom. The molecule has 3 rings (SSSR count). The monoisotopic (exact) mass is 514 g/mol. The zero-order valence-corrected chi connectivity index (χ0v) is 17.7. The van der Waals surface area contributed by atoms with E-state index in [9.17, 15) is 13.2 Å². The molecule has 0 saturated carbocycles. The highest BCUT2D eigenvalue weighted by atomic mass is 127. The van der Waals surface area contributed by atoms with Gasteiger partial charge in [0.05, 0.1) is 6.54 Å². The molecule has 0 unspecified atom stereocenters. The fraction of sp³-hybridized carbons (Fsp3) is 0.375. The molecule has 0 amide bonds. The van der Waals surface area contributed by atoms with Crippen LogP contribution in [0.4, 0.5) is 13.2 Å². The SMILES string of the molecule is CN=C(NCc1nc(C(F)(F)F)cs1)N(C)Cc1ccc2c(c1)OCO2.I. The molecule has 0 saturated heterocycles. The first-order valence-corrected chi connectivity index (χ1v) is 8.56. The van der Waals surface area contributed by atoms with Crippen LogP contribution in [0.15, 0.2) is 28.6 Å². The van der Waals surface area contributed by atoms with Crippen LogP contribution in [-0.2, 0) is 19.3 Å². The van der Waals surface area contributed by atoms with E-state index in [2.05, 4.69) is 15.3 Å². The summed E-state index contributed by atoms with van der Waals surface area (Å²) in [5, 5.41) is 4.38. The summed E-state index contributed by atoms with van der Waals surface area (Å²) < 4.78 is 48.5. The van der Waals surface area contributed by atoms with Gasteiger partial charge in [-0.15, -0.1) is 35.3 Å².